The average molecular weight is 1470 g/mol. The van der Waals surface area contributed by atoms with Crippen LogP contribution in [0.2, 0.25) is 0 Å². The number of carboxylic acids is 2. The summed E-state index contributed by atoms with van der Waals surface area (Å²) in [6.45, 7) is 10.0. The van der Waals surface area contributed by atoms with Crippen LogP contribution in [0.15, 0.2) is 108 Å². The quantitative estimate of drug-likeness (QED) is 0.0164. The van der Waals surface area contributed by atoms with Crippen LogP contribution >= 0.6 is 0 Å². The number of carboxylic acid groups (broad SMARTS) is 2. The molecule has 33 heteroatoms. The maximum Gasteiger partial charge on any atom is 0.351 e. The summed E-state index contributed by atoms with van der Waals surface area (Å²) in [5, 5.41) is 41.4. The summed E-state index contributed by atoms with van der Waals surface area (Å²) in [7, 11) is -4.19. The molecule has 1 aromatic heterocycles. The molecule has 0 saturated carbocycles. The van der Waals surface area contributed by atoms with Gasteiger partial charge < -0.3 is 86.2 Å². The zero-order chi connectivity index (χ0) is 75.5. The van der Waals surface area contributed by atoms with E-state index in [1.807, 2.05) is 38.1 Å². The largest absolute Gasteiger partial charge is 0.481 e. The third kappa shape index (κ3) is 19.9. The number of rotatable bonds is 35. The molecule has 2 saturated heterocycles. The van der Waals surface area contributed by atoms with Gasteiger partial charge in [-0.2, -0.15) is 0 Å². The van der Waals surface area contributed by atoms with E-state index in [4.69, 9.17) is 28.7 Å². The number of anilines is 4. The molecule has 4 aliphatic rings. The molecule has 2 unspecified atom stereocenters. The molecule has 5 heterocycles. The number of aromatic nitrogens is 1. The molecule has 0 radical (unpaired) electrons. The van der Waals surface area contributed by atoms with Crippen LogP contribution in [-0.4, -0.2) is 189 Å². The zero-order valence-electron chi connectivity index (χ0n) is 58.8. The van der Waals surface area contributed by atoms with Gasteiger partial charge in [-0.05, 0) is 116 Å². The molecule has 10 amide bonds. The number of hydrogen-bond acceptors (Lipinski definition) is 19. The average Bonchev–Trinajstić information content (AvgIpc) is 1.55. The van der Waals surface area contributed by atoms with E-state index in [-0.39, 0.29) is 113 Å². The number of fused-ring (bicyclic) bond motifs is 5. The van der Waals surface area contributed by atoms with E-state index < -0.39 is 130 Å². The van der Waals surface area contributed by atoms with Gasteiger partial charge in [-0.1, -0.05) is 71.0 Å². The van der Waals surface area contributed by atoms with Gasteiger partial charge in [-0.25, -0.2) is 37.4 Å². The van der Waals surface area contributed by atoms with E-state index in [0.29, 0.717) is 48.6 Å². The second-order valence-corrected chi connectivity index (χ2v) is 27.4. The van der Waals surface area contributed by atoms with E-state index in [2.05, 4.69) is 47.3 Å². The number of nitrogens with one attached hydrogen (secondary N) is 9. The number of amides is 10. The van der Waals surface area contributed by atoms with Crippen molar-refractivity contribution in [1.82, 2.24) is 41.4 Å². The minimum absolute atomic E-state index is 0.0408. The van der Waals surface area contributed by atoms with Gasteiger partial charge >= 0.3 is 42.0 Å². The lowest BCUT2D eigenvalue weighted by Gasteiger charge is -2.46. The number of cyclic esters (lactones) is 1. The fourth-order valence-corrected chi connectivity index (χ4v) is 14.0. The van der Waals surface area contributed by atoms with Gasteiger partial charge in [-0.3, -0.25) is 33.5 Å². The van der Waals surface area contributed by atoms with Gasteiger partial charge in [0.05, 0.1) is 92.8 Å². The Morgan fingerprint density at radius 2 is 1.36 bits per heavy atom. The number of nitrogens with zero attached hydrogens (tertiary/aromatic N) is 3. The number of para-hydroxylation sites is 1. The lowest BCUT2D eigenvalue weighted by Crippen LogP contribution is -2.62. The fourth-order valence-electron chi connectivity index (χ4n) is 12.9. The van der Waals surface area contributed by atoms with E-state index >= 15 is 0 Å². The molecule has 11 N–H and O–H groups in total. The van der Waals surface area contributed by atoms with Crippen molar-refractivity contribution in [2.75, 3.05) is 86.6 Å². The summed E-state index contributed by atoms with van der Waals surface area (Å²) >= 11 is 0. The number of ether oxygens (including phenoxy) is 5. The van der Waals surface area contributed by atoms with Crippen molar-refractivity contribution < 1.29 is 95.1 Å². The lowest BCUT2D eigenvalue weighted by molar-refractivity contribution is -0.206. The number of carbonyl (C=O) groups is 11. The summed E-state index contributed by atoms with van der Waals surface area (Å²) in [4.78, 5) is 154. The van der Waals surface area contributed by atoms with Crippen molar-refractivity contribution in [3.8, 4) is 0 Å². The van der Waals surface area contributed by atoms with Crippen molar-refractivity contribution in [3.63, 3.8) is 0 Å². The molecule has 562 valence electrons. The first-order chi connectivity index (χ1) is 50.3. The van der Waals surface area contributed by atoms with Crippen LogP contribution in [0, 0.1) is 17.8 Å². The second-order valence-electron chi connectivity index (χ2n) is 25.7. The van der Waals surface area contributed by atoms with E-state index in [1.54, 1.807) is 31.7 Å². The highest BCUT2D eigenvalue weighted by Crippen LogP contribution is 2.49. The number of benzene rings is 4. The number of pyridine rings is 1. The third-order valence-electron chi connectivity index (χ3n) is 18.1. The standard InChI is InChI=1S/C72H88N12O20S/c1-6-26-73-69(95)77-46-15-12-17-48(36-46)105(98,99)82-47-16-11-14-43(35-47)55(38-60(86)87)80-71(97)76-45-23-21-44(22-24-45)75-70(96)74-27-30-101-32-34-102-33-31-100-29-25-59(85)78-56(39-61(88)89)66(92)83-28-13-20-57(83)64(90)81-62(42(4)5)67(93)104-72(8-3)53-37-58-63-51(40-84(58)65(91)52(53)41-103-68(72)94)49(7-2)50-18-9-10-19-54(50)79-63/h9-12,14-19,21-24,35-37,42,52-53,55-57,62,82H,6-8,13,20,25-34,38-41H2,1-5H3,(H,78,85)(H,81,90)(H,86,87)(H,88,89)(H2,73,77,95)(H2,74,75,96)(H2,76,80,97)/t52?,53?,55-,56+,57+,62+,72+/m1/s1. The van der Waals surface area contributed by atoms with Gasteiger partial charge in [0.2, 0.25) is 29.2 Å². The van der Waals surface area contributed by atoms with Crippen LogP contribution in [0.25, 0.3) is 16.6 Å². The number of likely N-dealkylation sites (tertiary alicyclic amines) is 1. The van der Waals surface area contributed by atoms with Crippen LogP contribution in [0.3, 0.4) is 0 Å². The molecular formula is C72H88N12O20S. The first-order valence-electron chi connectivity index (χ1n) is 34.7. The highest BCUT2D eigenvalue weighted by atomic mass is 32.2. The summed E-state index contributed by atoms with van der Waals surface area (Å²) in [6, 6.07) is 18.2. The van der Waals surface area contributed by atoms with Gasteiger partial charge in [0, 0.05) is 65.7 Å². The monoisotopic (exact) mass is 1470 g/mol. The highest BCUT2D eigenvalue weighted by molar-refractivity contribution is 7.92. The summed E-state index contributed by atoms with van der Waals surface area (Å²) in [6.07, 6.45) is 1.97. The Hall–Kier alpha value is -10.8. The Morgan fingerprint density at radius 1 is 0.714 bits per heavy atom. The predicted molar refractivity (Wildman–Crippen MR) is 381 cm³/mol. The molecule has 5 aromatic rings. The van der Waals surface area contributed by atoms with Crippen LogP contribution in [0.4, 0.5) is 37.1 Å². The molecule has 32 nitrogen and oxygen atoms in total. The molecule has 0 aliphatic carbocycles. The summed E-state index contributed by atoms with van der Waals surface area (Å²) in [5.41, 5.74) is 3.11. The third-order valence-corrected chi connectivity index (χ3v) is 19.5. The van der Waals surface area contributed by atoms with Crippen LogP contribution in [0.1, 0.15) is 108 Å². The number of esters is 2. The molecule has 2 fully saturated rings. The van der Waals surface area contributed by atoms with Gasteiger partial charge in [0.25, 0.3) is 10.0 Å². The van der Waals surface area contributed by atoms with Crippen molar-refractivity contribution in [2.45, 2.75) is 127 Å². The lowest BCUT2D eigenvalue weighted by atomic mass is 9.72. The molecular weight excluding hydrogens is 1380 g/mol. The molecule has 0 spiro atoms. The zero-order valence-corrected chi connectivity index (χ0v) is 59.6. The number of aliphatic carboxylic acids is 2. The van der Waals surface area contributed by atoms with Gasteiger partial charge in [-0.15, -0.1) is 0 Å². The summed E-state index contributed by atoms with van der Waals surface area (Å²) < 4.78 is 57.6. The Kier molecular flexibility index (Phi) is 26.9. The molecule has 4 aromatic carbocycles. The number of aryl methyl sites for hydroxylation is 1. The van der Waals surface area contributed by atoms with E-state index in [1.165, 1.54) is 77.7 Å². The minimum atomic E-state index is -4.19. The molecule has 7 atom stereocenters. The Morgan fingerprint density at radius 3 is 2.04 bits per heavy atom. The van der Waals surface area contributed by atoms with Crippen molar-refractivity contribution >= 4 is 115 Å². The van der Waals surface area contributed by atoms with Crippen molar-refractivity contribution in [3.05, 3.63) is 126 Å². The van der Waals surface area contributed by atoms with Crippen molar-refractivity contribution in [2.24, 2.45) is 17.8 Å². The number of hydrogen-bond donors (Lipinski definition) is 11. The Balaban J connectivity index is 0.654. The molecule has 9 rings (SSSR count). The Labute approximate surface area is 605 Å². The number of sulfonamides is 1. The van der Waals surface area contributed by atoms with E-state index in [0.717, 1.165) is 22.0 Å². The Bertz CT molecular complexity index is 4220. The second kappa shape index (κ2) is 36.1. The number of carbonyl (C=O) groups excluding carboxylic acids is 9. The number of urea groups is 3. The normalized spacial score (nSPS) is 18.2. The first-order valence-corrected chi connectivity index (χ1v) is 36.2. The predicted octanol–water partition coefficient (Wildman–Crippen LogP) is 6.00. The van der Waals surface area contributed by atoms with Crippen LogP contribution in [-0.2, 0) is 85.0 Å². The van der Waals surface area contributed by atoms with Crippen molar-refractivity contribution in [1.29, 1.82) is 0 Å². The molecule has 4 aliphatic heterocycles. The molecule has 0 bridgehead atoms. The highest BCUT2D eigenvalue weighted by Gasteiger charge is 2.60. The van der Waals surface area contributed by atoms with Gasteiger partial charge in [0.15, 0.2) is 0 Å². The van der Waals surface area contributed by atoms with Crippen LogP contribution < -0.4 is 47.3 Å². The minimum Gasteiger partial charge on any atom is -0.481 e. The maximum atomic E-state index is 14.5. The smallest absolute Gasteiger partial charge is 0.351 e. The fraction of sp³-hybridized carbons (Fsp3) is 0.444. The molecule has 105 heavy (non-hydrogen) atoms. The van der Waals surface area contributed by atoms with Crippen LogP contribution in [0.5, 0.6) is 0 Å². The summed E-state index contributed by atoms with van der Waals surface area (Å²) in [5.74, 6) is -9.47. The maximum absolute atomic E-state index is 14.5. The van der Waals surface area contributed by atoms with Gasteiger partial charge in [0.1, 0.15) is 24.7 Å². The SMILES string of the molecule is CCCNC(=O)Nc1cccc(S(=O)(=O)Nc2cccc([C@@H](CC(=O)O)NC(=O)Nc3ccc(NC(=O)NCCOCCOCCOCCC(=O)N[C@@H](CC(=O)O)C(=O)N4CCC[C@H]4C(=O)N[C@H](C(=O)O[C@]4(CC)C(=O)OCC5C(=O)N6Cc7c(nc8ccccc8c7CC)C6=CC54)C(C)C)cc3)c2)c1. The first kappa shape index (κ1) is 78.4. The van der Waals surface area contributed by atoms with E-state index in [9.17, 15) is 71.4 Å². The topological polar surface area (TPSA) is 436 Å².